The van der Waals surface area contributed by atoms with Gasteiger partial charge in [0.05, 0.1) is 10.7 Å². The van der Waals surface area contributed by atoms with Crippen LogP contribution >= 0.6 is 23.8 Å². The van der Waals surface area contributed by atoms with Crippen molar-refractivity contribution in [2.45, 2.75) is 18.7 Å². The molecule has 0 aliphatic rings. The van der Waals surface area contributed by atoms with E-state index in [0.29, 0.717) is 23.0 Å². The molecule has 2 rings (SSSR count). The first-order valence-corrected chi connectivity index (χ1v) is 10.0. The zero-order valence-electron chi connectivity index (χ0n) is 14.0. The van der Waals surface area contributed by atoms with E-state index in [0.717, 1.165) is 0 Å². The number of rotatable bonds is 6. The topological polar surface area (TPSA) is 61.4 Å². The Bertz CT molecular complexity index is 842. The van der Waals surface area contributed by atoms with Gasteiger partial charge < -0.3 is 10.6 Å². The monoisotopic (exact) mass is 397 g/mol. The average molecular weight is 398 g/mol. The molecule has 0 heterocycles. The summed E-state index contributed by atoms with van der Waals surface area (Å²) < 4.78 is 27.5. The summed E-state index contributed by atoms with van der Waals surface area (Å²) in [6.45, 7) is 4.66. The lowest BCUT2D eigenvalue weighted by atomic mass is 10.3. The summed E-state index contributed by atoms with van der Waals surface area (Å²) in [5.74, 6) is 0. The van der Waals surface area contributed by atoms with Gasteiger partial charge >= 0.3 is 0 Å². The fourth-order valence-electron chi connectivity index (χ4n) is 2.32. The van der Waals surface area contributed by atoms with Crippen LogP contribution in [0.1, 0.15) is 13.8 Å². The highest BCUT2D eigenvalue weighted by molar-refractivity contribution is 7.93. The van der Waals surface area contributed by atoms with E-state index in [2.05, 4.69) is 10.6 Å². The van der Waals surface area contributed by atoms with Gasteiger partial charge in [-0.05, 0) is 56.4 Å². The molecule has 0 aromatic heterocycles. The van der Waals surface area contributed by atoms with Gasteiger partial charge in [-0.2, -0.15) is 0 Å². The Kier molecular flexibility index (Phi) is 6.64. The summed E-state index contributed by atoms with van der Waals surface area (Å²) >= 11 is 11.3. The molecule has 0 amide bonds. The minimum absolute atomic E-state index is 0.0316. The maximum absolute atomic E-state index is 13.1. The van der Waals surface area contributed by atoms with Gasteiger partial charge in [-0.15, -0.1) is 0 Å². The van der Waals surface area contributed by atoms with Crippen LogP contribution < -0.4 is 14.9 Å². The van der Waals surface area contributed by atoms with E-state index in [1.54, 1.807) is 43.3 Å². The number of nitrogens with zero attached hydrogens (tertiary/aromatic N) is 1. The summed E-state index contributed by atoms with van der Waals surface area (Å²) in [5, 5.41) is 6.49. The van der Waals surface area contributed by atoms with Gasteiger partial charge in [0.25, 0.3) is 10.0 Å². The SMILES string of the molecule is CCNC(=S)Nc1ccc(Cl)c(S(=O)(=O)N(CC)c2ccccc2)c1. The van der Waals surface area contributed by atoms with Crippen LogP contribution in [-0.4, -0.2) is 26.6 Å². The van der Waals surface area contributed by atoms with Gasteiger partial charge in [0.1, 0.15) is 4.90 Å². The van der Waals surface area contributed by atoms with E-state index in [9.17, 15) is 8.42 Å². The molecule has 134 valence electrons. The van der Waals surface area contributed by atoms with E-state index < -0.39 is 10.0 Å². The second-order valence-corrected chi connectivity index (χ2v) is 7.78. The largest absolute Gasteiger partial charge is 0.363 e. The number of benzene rings is 2. The van der Waals surface area contributed by atoms with Crippen LogP contribution in [0.5, 0.6) is 0 Å². The van der Waals surface area contributed by atoms with Gasteiger partial charge in [0.15, 0.2) is 5.11 Å². The molecule has 0 fully saturated rings. The Morgan fingerprint density at radius 2 is 1.84 bits per heavy atom. The highest BCUT2D eigenvalue weighted by atomic mass is 35.5. The summed E-state index contributed by atoms with van der Waals surface area (Å²) in [6, 6.07) is 13.6. The van der Waals surface area contributed by atoms with E-state index in [4.69, 9.17) is 23.8 Å². The molecule has 0 radical (unpaired) electrons. The molecule has 25 heavy (non-hydrogen) atoms. The van der Waals surface area contributed by atoms with Crippen molar-refractivity contribution in [3.05, 3.63) is 53.6 Å². The van der Waals surface area contributed by atoms with Crippen LogP contribution in [0.15, 0.2) is 53.4 Å². The fourth-order valence-corrected chi connectivity index (χ4v) is 4.56. The molecule has 2 N–H and O–H groups in total. The number of anilines is 2. The first kappa shape index (κ1) is 19.5. The highest BCUT2D eigenvalue weighted by Crippen LogP contribution is 2.30. The lowest BCUT2D eigenvalue weighted by molar-refractivity contribution is 0.592. The number of para-hydroxylation sites is 1. The molecule has 2 aromatic carbocycles. The van der Waals surface area contributed by atoms with Crippen molar-refractivity contribution < 1.29 is 8.42 Å². The minimum atomic E-state index is -3.81. The number of nitrogens with one attached hydrogen (secondary N) is 2. The average Bonchev–Trinajstić information content (AvgIpc) is 2.58. The lowest BCUT2D eigenvalue weighted by Crippen LogP contribution is -2.31. The zero-order chi connectivity index (χ0) is 18.4. The number of sulfonamides is 1. The molecule has 0 atom stereocenters. The third-order valence-electron chi connectivity index (χ3n) is 3.43. The Balaban J connectivity index is 2.42. The van der Waals surface area contributed by atoms with Gasteiger partial charge in [-0.25, -0.2) is 8.42 Å². The summed E-state index contributed by atoms with van der Waals surface area (Å²) in [7, 11) is -3.81. The quantitative estimate of drug-likeness (QED) is 0.724. The van der Waals surface area contributed by atoms with Gasteiger partial charge in [0.2, 0.25) is 0 Å². The molecule has 0 spiro atoms. The molecule has 0 aliphatic heterocycles. The lowest BCUT2D eigenvalue weighted by Gasteiger charge is -2.23. The second kappa shape index (κ2) is 8.51. The molecule has 0 aliphatic carbocycles. The van der Waals surface area contributed by atoms with Crippen molar-refractivity contribution in [1.29, 1.82) is 0 Å². The standard InChI is InChI=1S/C17H20ClN3O2S2/c1-3-19-17(24)20-13-10-11-15(18)16(12-13)25(22,23)21(4-2)14-8-6-5-7-9-14/h5-12H,3-4H2,1-2H3,(H2,19,20,24). The first-order valence-electron chi connectivity index (χ1n) is 7.82. The predicted octanol–water partition coefficient (Wildman–Crippen LogP) is 3.86. The third-order valence-corrected chi connectivity index (χ3v) is 6.06. The molecule has 2 aromatic rings. The van der Waals surface area contributed by atoms with Crippen molar-refractivity contribution in [2.24, 2.45) is 0 Å². The summed E-state index contributed by atoms with van der Waals surface area (Å²) in [5.41, 5.74) is 1.14. The minimum Gasteiger partial charge on any atom is -0.363 e. The maximum atomic E-state index is 13.1. The smallest absolute Gasteiger partial charge is 0.265 e. The zero-order valence-corrected chi connectivity index (χ0v) is 16.4. The number of hydrogen-bond donors (Lipinski definition) is 2. The Morgan fingerprint density at radius 1 is 1.16 bits per heavy atom. The van der Waals surface area contributed by atoms with Crippen LogP contribution in [0.2, 0.25) is 5.02 Å². The normalized spacial score (nSPS) is 11.0. The van der Waals surface area contributed by atoms with Gasteiger partial charge in [-0.3, -0.25) is 4.31 Å². The summed E-state index contributed by atoms with van der Waals surface area (Å²) in [6.07, 6.45) is 0. The van der Waals surface area contributed by atoms with Crippen molar-refractivity contribution in [2.75, 3.05) is 22.7 Å². The van der Waals surface area contributed by atoms with E-state index in [1.807, 2.05) is 13.0 Å². The molecule has 0 unspecified atom stereocenters. The molecule has 8 heteroatoms. The first-order chi connectivity index (χ1) is 11.9. The number of halogens is 1. The molecule has 0 bridgehead atoms. The van der Waals surface area contributed by atoms with E-state index in [-0.39, 0.29) is 16.5 Å². The van der Waals surface area contributed by atoms with Crippen LogP contribution in [0.25, 0.3) is 0 Å². The Labute approximate surface area is 159 Å². The highest BCUT2D eigenvalue weighted by Gasteiger charge is 2.26. The van der Waals surface area contributed by atoms with Crippen LogP contribution in [0.3, 0.4) is 0 Å². The van der Waals surface area contributed by atoms with Crippen molar-refractivity contribution in [3.8, 4) is 0 Å². The van der Waals surface area contributed by atoms with Crippen molar-refractivity contribution in [3.63, 3.8) is 0 Å². The molecule has 5 nitrogen and oxygen atoms in total. The van der Waals surface area contributed by atoms with Gasteiger partial charge in [0, 0.05) is 18.8 Å². The van der Waals surface area contributed by atoms with Crippen molar-refractivity contribution >= 4 is 50.3 Å². The van der Waals surface area contributed by atoms with E-state index in [1.165, 1.54) is 10.4 Å². The Hall–Kier alpha value is -1.83. The summed E-state index contributed by atoms with van der Waals surface area (Å²) in [4.78, 5) is 0.0316. The predicted molar refractivity (Wildman–Crippen MR) is 108 cm³/mol. The Morgan fingerprint density at radius 3 is 2.44 bits per heavy atom. The molecule has 0 saturated carbocycles. The van der Waals surface area contributed by atoms with E-state index >= 15 is 0 Å². The van der Waals surface area contributed by atoms with Crippen LogP contribution in [0.4, 0.5) is 11.4 Å². The molecular formula is C17H20ClN3O2S2. The fraction of sp³-hybridized carbons (Fsp3) is 0.235. The third kappa shape index (κ3) is 4.62. The molecule has 0 saturated heterocycles. The molecular weight excluding hydrogens is 378 g/mol. The van der Waals surface area contributed by atoms with Crippen molar-refractivity contribution in [1.82, 2.24) is 5.32 Å². The number of thiocarbonyl (C=S) groups is 1. The van der Waals surface area contributed by atoms with Crippen LogP contribution in [0, 0.1) is 0 Å². The van der Waals surface area contributed by atoms with Crippen LogP contribution in [-0.2, 0) is 10.0 Å². The second-order valence-electron chi connectivity index (χ2n) is 5.13. The maximum Gasteiger partial charge on any atom is 0.265 e. The van der Waals surface area contributed by atoms with Gasteiger partial charge in [-0.1, -0.05) is 29.8 Å². The number of hydrogen-bond acceptors (Lipinski definition) is 3.